The van der Waals surface area contributed by atoms with Gasteiger partial charge in [0.05, 0.1) is 17.1 Å². The second kappa shape index (κ2) is 13.3. The molecule has 0 aliphatic carbocycles. The molecule has 3 aromatic rings. The Kier molecular flexibility index (Phi) is 10.5. The lowest BCUT2D eigenvalue weighted by atomic mass is 9.84. The van der Waals surface area contributed by atoms with Gasteiger partial charge in [0.15, 0.2) is 9.84 Å². The summed E-state index contributed by atoms with van der Waals surface area (Å²) in [7, 11) is -3.79. The van der Waals surface area contributed by atoms with Crippen LogP contribution in [0, 0.1) is 11.6 Å². The maximum absolute atomic E-state index is 14.6. The van der Waals surface area contributed by atoms with Gasteiger partial charge in [-0.3, -0.25) is 4.90 Å². The zero-order valence-electron chi connectivity index (χ0n) is 23.1. The molecule has 0 fully saturated rings. The highest BCUT2D eigenvalue weighted by molar-refractivity contribution is 7.90. The van der Waals surface area contributed by atoms with E-state index in [2.05, 4.69) is 0 Å². The van der Waals surface area contributed by atoms with Crippen LogP contribution in [0.25, 0.3) is 0 Å². The molecule has 1 N–H and O–H groups in total. The molecule has 0 spiro atoms. The van der Waals surface area contributed by atoms with Gasteiger partial charge in [0.25, 0.3) is 0 Å². The summed E-state index contributed by atoms with van der Waals surface area (Å²) in [5.41, 5.74) is -0.0142. The molecule has 0 aliphatic rings. The van der Waals surface area contributed by atoms with Crippen LogP contribution in [0.3, 0.4) is 0 Å². The summed E-state index contributed by atoms with van der Waals surface area (Å²) in [6.07, 6.45) is -3.30. The standard InChI is InChI=1S/C30H34F5NO4S/c1-29(2,22-8-10-24(31)11-9-22)20-36(19-21-6-4-7-23(16-21)30(33,34)35)13-5-15-40-25-17-27(32)26(12-14-37)28(18-25)41(3,38)39/h4,6-11,16-18,37H,5,12-15,19-20H2,1-3H3. The molecule has 0 saturated carbocycles. The summed E-state index contributed by atoms with van der Waals surface area (Å²) < 4.78 is 98.0. The number of aliphatic hydroxyl groups is 1. The first-order chi connectivity index (χ1) is 19.1. The van der Waals surface area contributed by atoms with Crippen LogP contribution in [0.4, 0.5) is 22.0 Å². The van der Waals surface area contributed by atoms with Gasteiger partial charge in [-0.05, 0) is 48.2 Å². The fraction of sp³-hybridized carbons (Fsp3) is 0.400. The number of aliphatic hydroxyl groups excluding tert-OH is 1. The Morgan fingerprint density at radius 1 is 0.951 bits per heavy atom. The molecule has 11 heteroatoms. The number of nitrogens with zero attached hydrogens (tertiary/aromatic N) is 1. The van der Waals surface area contributed by atoms with E-state index in [1.165, 1.54) is 24.3 Å². The zero-order valence-corrected chi connectivity index (χ0v) is 24.0. The SMILES string of the molecule is CC(C)(CN(CCCOc1cc(F)c(CCO)c(S(C)(=O)=O)c1)Cc1cccc(C(F)(F)F)c1)c1ccc(F)cc1. The van der Waals surface area contributed by atoms with Crippen LogP contribution >= 0.6 is 0 Å². The van der Waals surface area contributed by atoms with Gasteiger partial charge >= 0.3 is 6.18 Å². The number of ether oxygens (including phenoxy) is 1. The molecule has 3 rings (SSSR count). The van der Waals surface area contributed by atoms with Gasteiger partial charge in [0.1, 0.15) is 17.4 Å². The average molecular weight is 600 g/mol. The maximum atomic E-state index is 14.6. The van der Waals surface area contributed by atoms with Crippen molar-refractivity contribution >= 4 is 9.84 Å². The molecule has 0 unspecified atom stereocenters. The Labute approximate surface area is 237 Å². The fourth-order valence-electron chi connectivity index (χ4n) is 4.70. The molecule has 0 radical (unpaired) electrons. The number of alkyl halides is 3. The molecule has 0 amide bonds. The van der Waals surface area contributed by atoms with Crippen molar-refractivity contribution in [1.29, 1.82) is 0 Å². The average Bonchev–Trinajstić information content (AvgIpc) is 2.87. The Morgan fingerprint density at radius 3 is 2.24 bits per heavy atom. The third-order valence-corrected chi connectivity index (χ3v) is 7.85. The highest BCUT2D eigenvalue weighted by atomic mass is 32.2. The molecule has 5 nitrogen and oxygen atoms in total. The van der Waals surface area contributed by atoms with Crippen molar-refractivity contribution in [3.05, 3.63) is 94.6 Å². The minimum Gasteiger partial charge on any atom is -0.493 e. The highest BCUT2D eigenvalue weighted by Crippen LogP contribution is 2.31. The minimum absolute atomic E-state index is 0.0145. The fourth-order valence-corrected chi connectivity index (χ4v) is 5.68. The van der Waals surface area contributed by atoms with Crippen molar-refractivity contribution in [3.63, 3.8) is 0 Å². The molecule has 0 aromatic heterocycles. The number of benzene rings is 3. The number of hydrogen-bond acceptors (Lipinski definition) is 5. The van der Waals surface area contributed by atoms with Crippen LogP contribution < -0.4 is 4.74 Å². The van der Waals surface area contributed by atoms with E-state index in [9.17, 15) is 35.5 Å². The third-order valence-electron chi connectivity index (χ3n) is 6.68. The Morgan fingerprint density at radius 2 is 1.63 bits per heavy atom. The summed E-state index contributed by atoms with van der Waals surface area (Å²) in [6, 6.07) is 13.5. The Bertz CT molecular complexity index is 1420. The van der Waals surface area contributed by atoms with Crippen molar-refractivity contribution in [3.8, 4) is 5.75 Å². The predicted octanol–water partition coefficient (Wildman–Crippen LogP) is 6.17. The Hall–Kier alpha value is -3.02. The van der Waals surface area contributed by atoms with Crippen molar-refractivity contribution in [2.75, 3.05) is 32.6 Å². The molecule has 3 aromatic carbocycles. The normalized spacial score (nSPS) is 12.6. The molecule has 0 atom stereocenters. The number of sulfone groups is 1. The van der Waals surface area contributed by atoms with E-state index in [-0.39, 0.29) is 41.6 Å². The lowest BCUT2D eigenvalue weighted by molar-refractivity contribution is -0.137. The quantitative estimate of drug-likeness (QED) is 0.188. The second-order valence-electron chi connectivity index (χ2n) is 10.6. The monoisotopic (exact) mass is 599 g/mol. The largest absolute Gasteiger partial charge is 0.493 e. The van der Waals surface area contributed by atoms with E-state index >= 15 is 0 Å². The second-order valence-corrected chi connectivity index (χ2v) is 12.6. The van der Waals surface area contributed by atoms with Gasteiger partial charge in [0.2, 0.25) is 0 Å². The van der Waals surface area contributed by atoms with Crippen LogP contribution in [0.5, 0.6) is 5.75 Å². The van der Waals surface area contributed by atoms with E-state index in [1.54, 1.807) is 18.2 Å². The molecule has 0 saturated heterocycles. The lowest BCUT2D eigenvalue weighted by Crippen LogP contribution is -2.37. The molecule has 0 heterocycles. The van der Waals surface area contributed by atoms with Gasteiger partial charge in [-0.1, -0.05) is 44.2 Å². The number of rotatable bonds is 13. The molecule has 0 aliphatic heterocycles. The van der Waals surface area contributed by atoms with Crippen LogP contribution in [0.2, 0.25) is 0 Å². The van der Waals surface area contributed by atoms with Crippen LogP contribution in [0.15, 0.2) is 65.6 Å². The van der Waals surface area contributed by atoms with Gasteiger partial charge in [-0.15, -0.1) is 0 Å². The van der Waals surface area contributed by atoms with Crippen molar-refractivity contribution in [2.24, 2.45) is 0 Å². The predicted molar refractivity (Wildman–Crippen MR) is 147 cm³/mol. The van der Waals surface area contributed by atoms with Crippen LogP contribution in [0.1, 0.15) is 42.5 Å². The van der Waals surface area contributed by atoms with E-state index in [0.29, 0.717) is 25.1 Å². The summed E-state index contributed by atoms with van der Waals surface area (Å²) >= 11 is 0. The first kappa shape index (κ1) is 32.5. The van der Waals surface area contributed by atoms with E-state index in [4.69, 9.17) is 4.74 Å². The van der Waals surface area contributed by atoms with Gasteiger partial charge in [-0.25, -0.2) is 17.2 Å². The molecular weight excluding hydrogens is 565 g/mol. The first-order valence-corrected chi connectivity index (χ1v) is 14.9. The van der Waals surface area contributed by atoms with Gasteiger partial charge < -0.3 is 9.84 Å². The van der Waals surface area contributed by atoms with E-state index < -0.39 is 39.4 Å². The van der Waals surface area contributed by atoms with Crippen molar-refractivity contribution in [2.45, 2.75) is 49.7 Å². The minimum atomic E-state index is -4.48. The summed E-state index contributed by atoms with van der Waals surface area (Å²) in [4.78, 5) is 1.71. The summed E-state index contributed by atoms with van der Waals surface area (Å²) in [5, 5.41) is 9.19. The van der Waals surface area contributed by atoms with Crippen molar-refractivity contribution < 1.29 is 40.2 Å². The summed E-state index contributed by atoms with van der Waals surface area (Å²) in [6.45, 7) is 4.60. The van der Waals surface area contributed by atoms with E-state index in [1.807, 2.05) is 18.7 Å². The third kappa shape index (κ3) is 9.24. The van der Waals surface area contributed by atoms with Gasteiger partial charge in [-0.2, -0.15) is 13.2 Å². The Balaban J connectivity index is 1.77. The van der Waals surface area contributed by atoms with E-state index in [0.717, 1.165) is 30.0 Å². The maximum Gasteiger partial charge on any atom is 0.416 e. The number of halogens is 5. The van der Waals surface area contributed by atoms with Crippen LogP contribution in [-0.4, -0.2) is 51.0 Å². The summed E-state index contributed by atoms with van der Waals surface area (Å²) in [5.74, 6) is -1.16. The smallest absolute Gasteiger partial charge is 0.416 e. The zero-order chi connectivity index (χ0) is 30.4. The first-order valence-electron chi connectivity index (χ1n) is 13.0. The van der Waals surface area contributed by atoms with Crippen molar-refractivity contribution in [1.82, 2.24) is 4.90 Å². The lowest BCUT2D eigenvalue weighted by Gasteiger charge is -2.33. The molecule has 41 heavy (non-hydrogen) atoms. The van der Waals surface area contributed by atoms with Gasteiger partial charge in [0, 0.05) is 49.5 Å². The topological polar surface area (TPSA) is 66.8 Å². The highest BCUT2D eigenvalue weighted by Gasteiger charge is 2.31. The van der Waals surface area contributed by atoms with Crippen LogP contribution in [-0.2, 0) is 34.4 Å². The molecular formula is C30H34F5NO4S. The molecule has 224 valence electrons. The number of hydrogen-bond donors (Lipinski definition) is 1. The molecule has 0 bridgehead atoms.